The Labute approximate surface area is 167 Å². The summed E-state index contributed by atoms with van der Waals surface area (Å²) in [5, 5.41) is 5.23. The van der Waals surface area contributed by atoms with Crippen LogP contribution in [0.3, 0.4) is 0 Å². The molecule has 0 fully saturated rings. The summed E-state index contributed by atoms with van der Waals surface area (Å²) in [4.78, 5) is 24.7. The number of aromatic amines is 1. The number of H-pyrrole nitrogens is 1. The molecule has 0 atom stereocenters. The van der Waals surface area contributed by atoms with Crippen molar-refractivity contribution >= 4 is 33.4 Å². The fraction of sp³-hybridized carbons (Fsp3) is 0.0417. The zero-order valence-corrected chi connectivity index (χ0v) is 15.8. The summed E-state index contributed by atoms with van der Waals surface area (Å²) >= 11 is 0. The summed E-state index contributed by atoms with van der Waals surface area (Å²) in [6.45, 7) is 1.98. The molecule has 1 amide bonds. The lowest BCUT2D eigenvalue weighted by atomic mass is 10.0. The highest BCUT2D eigenvalue weighted by atomic mass is 16.1. The maximum absolute atomic E-state index is 13.1. The van der Waals surface area contributed by atoms with Crippen molar-refractivity contribution in [3.05, 3.63) is 90.5 Å². The molecule has 0 saturated carbocycles. The fourth-order valence-corrected chi connectivity index (χ4v) is 3.64. The summed E-state index contributed by atoms with van der Waals surface area (Å²) in [5.74, 6) is -0.147. The molecule has 2 aromatic heterocycles. The highest BCUT2D eigenvalue weighted by Crippen LogP contribution is 2.29. The van der Waals surface area contributed by atoms with Crippen LogP contribution in [0.1, 0.15) is 15.9 Å². The Morgan fingerprint density at radius 2 is 1.69 bits per heavy atom. The zero-order valence-electron chi connectivity index (χ0n) is 15.8. The van der Waals surface area contributed by atoms with E-state index in [4.69, 9.17) is 0 Å². The fourth-order valence-electron chi connectivity index (χ4n) is 3.64. The third-order valence-corrected chi connectivity index (χ3v) is 5.17. The summed E-state index contributed by atoms with van der Waals surface area (Å²) in [5.41, 5.74) is 6.09. The number of nitrogens with one attached hydrogen (secondary N) is 2. The summed E-state index contributed by atoms with van der Waals surface area (Å²) in [6.07, 6.45) is 5.02. The number of hydrogen-bond donors (Lipinski definition) is 2. The van der Waals surface area contributed by atoms with E-state index in [9.17, 15) is 4.79 Å². The number of rotatable bonds is 3. The highest BCUT2D eigenvalue weighted by Gasteiger charge is 2.15. The van der Waals surface area contributed by atoms with E-state index in [1.807, 2.05) is 61.5 Å². The lowest BCUT2D eigenvalue weighted by Gasteiger charge is -2.11. The minimum Gasteiger partial charge on any atom is -0.354 e. The van der Waals surface area contributed by atoms with Crippen LogP contribution in [0.2, 0.25) is 0 Å². The number of benzene rings is 3. The standard InChI is InChI=1S/C24H18N4O/c1-15-9-10-16(17-12-25-14-26-13-17)11-22(15)28-24(29)20-7-4-6-19-18-5-2-3-8-21(18)27-23(19)20/h2-14,27H,1H3,(H,28,29). The molecule has 0 aliphatic heterocycles. The normalized spacial score (nSPS) is 11.1. The molecule has 5 heteroatoms. The maximum atomic E-state index is 13.1. The number of anilines is 1. The quantitative estimate of drug-likeness (QED) is 0.445. The van der Waals surface area contributed by atoms with Gasteiger partial charge in [-0.1, -0.05) is 42.5 Å². The molecule has 140 valence electrons. The first-order valence-corrected chi connectivity index (χ1v) is 9.37. The van der Waals surface area contributed by atoms with E-state index in [0.29, 0.717) is 5.56 Å². The predicted molar refractivity (Wildman–Crippen MR) is 116 cm³/mol. The third-order valence-electron chi connectivity index (χ3n) is 5.17. The van der Waals surface area contributed by atoms with Crippen LogP contribution in [0.4, 0.5) is 5.69 Å². The predicted octanol–water partition coefficient (Wildman–Crippen LogP) is 5.34. The first-order valence-electron chi connectivity index (χ1n) is 9.37. The molecule has 29 heavy (non-hydrogen) atoms. The average molecular weight is 378 g/mol. The highest BCUT2D eigenvalue weighted by molar-refractivity contribution is 6.18. The van der Waals surface area contributed by atoms with Gasteiger partial charge in [0.05, 0.1) is 11.1 Å². The average Bonchev–Trinajstić information content (AvgIpc) is 3.14. The van der Waals surface area contributed by atoms with Gasteiger partial charge < -0.3 is 10.3 Å². The first kappa shape index (κ1) is 17.1. The molecule has 5 rings (SSSR count). The van der Waals surface area contributed by atoms with Gasteiger partial charge in [0.2, 0.25) is 0 Å². The van der Waals surface area contributed by atoms with Gasteiger partial charge in [-0.05, 0) is 36.2 Å². The molecular weight excluding hydrogens is 360 g/mol. The SMILES string of the molecule is Cc1ccc(-c2cncnc2)cc1NC(=O)c1cccc2c1[nH]c1ccccc12. The van der Waals surface area contributed by atoms with Crippen LogP contribution in [0.15, 0.2) is 79.4 Å². The van der Waals surface area contributed by atoms with Crippen molar-refractivity contribution in [3.63, 3.8) is 0 Å². The number of para-hydroxylation sites is 2. The summed E-state index contributed by atoms with van der Waals surface area (Å²) in [6, 6.07) is 19.8. The van der Waals surface area contributed by atoms with E-state index in [-0.39, 0.29) is 5.91 Å². The number of hydrogen-bond acceptors (Lipinski definition) is 3. The van der Waals surface area contributed by atoms with Crippen molar-refractivity contribution in [3.8, 4) is 11.1 Å². The van der Waals surface area contributed by atoms with E-state index in [0.717, 1.165) is 44.2 Å². The van der Waals surface area contributed by atoms with E-state index < -0.39 is 0 Å². The van der Waals surface area contributed by atoms with E-state index in [1.165, 1.54) is 6.33 Å². The molecule has 0 spiro atoms. The molecule has 0 aliphatic rings. The largest absolute Gasteiger partial charge is 0.354 e. The number of amides is 1. The summed E-state index contributed by atoms with van der Waals surface area (Å²) in [7, 11) is 0. The third kappa shape index (κ3) is 3.02. The molecule has 0 bridgehead atoms. The van der Waals surface area contributed by atoms with Crippen LogP contribution < -0.4 is 5.32 Å². The van der Waals surface area contributed by atoms with Crippen molar-refractivity contribution in [2.45, 2.75) is 6.92 Å². The first-order chi connectivity index (χ1) is 14.2. The Hall–Kier alpha value is -3.99. The number of aryl methyl sites for hydroxylation is 1. The summed E-state index contributed by atoms with van der Waals surface area (Å²) < 4.78 is 0. The van der Waals surface area contributed by atoms with Crippen molar-refractivity contribution in [1.29, 1.82) is 0 Å². The van der Waals surface area contributed by atoms with Crippen molar-refractivity contribution in [1.82, 2.24) is 15.0 Å². The Morgan fingerprint density at radius 3 is 2.55 bits per heavy atom. The van der Waals surface area contributed by atoms with Crippen molar-refractivity contribution in [2.24, 2.45) is 0 Å². The number of aromatic nitrogens is 3. The second kappa shape index (κ2) is 6.87. The van der Waals surface area contributed by atoms with Gasteiger partial charge >= 0.3 is 0 Å². The second-order valence-corrected chi connectivity index (χ2v) is 7.01. The number of carbonyl (C=O) groups is 1. The van der Waals surface area contributed by atoms with E-state index >= 15 is 0 Å². The van der Waals surface area contributed by atoms with Gasteiger partial charge in [0, 0.05) is 39.9 Å². The molecule has 5 nitrogen and oxygen atoms in total. The maximum Gasteiger partial charge on any atom is 0.257 e. The van der Waals surface area contributed by atoms with Gasteiger partial charge in [0.1, 0.15) is 6.33 Å². The molecule has 2 N–H and O–H groups in total. The number of nitrogens with zero attached hydrogens (tertiary/aromatic N) is 2. The minimum absolute atomic E-state index is 0.147. The Kier molecular flexibility index (Phi) is 4.06. The van der Waals surface area contributed by atoms with Crippen LogP contribution in [-0.4, -0.2) is 20.9 Å². The molecule has 0 saturated heterocycles. The molecular formula is C24H18N4O. The molecule has 0 unspecified atom stereocenters. The van der Waals surface area contributed by atoms with E-state index in [1.54, 1.807) is 12.4 Å². The van der Waals surface area contributed by atoms with Crippen LogP contribution in [0.5, 0.6) is 0 Å². The lowest BCUT2D eigenvalue weighted by Crippen LogP contribution is -2.13. The Morgan fingerprint density at radius 1 is 0.897 bits per heavy atom. The molecule has 5 aromatic rings. The smallest absolute Gasteiger partial charge is 0.257 e. The molecule has 0 radical (unpaired) electrons. The van der Waals surface area contributed by atoms with Gasteiger partial charge in [-0.2, -0.15) is 0 Å². The van der Waals surface area contributed by atoms with Gasteiger partial charge in [-0.3, -0.25) is 4.79 Å². The van der Waals surface area contributed by atoms with Crippen LogP contribution in [0, 0.1) is 6.92 Å². The van der Waals surface area contributed by atoms with Crippen molar-refractivity contribution < 1.29 is 4.79 Å². The van der Waals surface area contributed by atoms with Gasteiger partial charge in [-0.25, -0.2) is 9.97 Å². The van der Waals surface area contributed by atoms with Gasteiger partial charge in [0.15, 0.2) is 0 Å². The Balaban J connectivity index is 1.54. The molecule has 0 aliphatic carbocycles. The molecule has 3 aromatic carbocycles. The number of carbonyl (C=O) groups excluding carboxylic acids is 1. The molecule has 2 heterocycles. The minimum atomic E-state index is -0.147. The van der Waals surface area contributed by atoms with Crippen LogP contribution in [-0.2, 0) is 0 Å². The van der Waals surface area contributed by atoms with Crippen LogP contribution >= 0.6 is 0 Å². The monoisotopic (exact) mass is 378 g/mol. The van der Waals surface area contributed by atoms with Gasteiger partial charge in [0.25, 0.3) is 5.91 Å². The van der Waals surface area contributed by atoms with Crippen molar-refractivity contribution in [2.75, 3.05) is 5.32 Å². The zero-order chi connectivity index (χ0) is 19.8. The van der Waals surface area contributed by atoms with Crippen LogP contribution in [0.25, 0.3) is 32.9 Å². The topological polar surface area (TPSA) is 70.7 Å². The number of fused-ring (bicyclic) bond motifs is 3. The second-order valence-electron chi connectivity index (χ2n) is 7.01. The van der Waals surface area contributed by atoms with Gasteiger partial charge in [-0.15, -0.1) is 0 Å². The van der Waals surface area contributed by atoms with E-state index in [2.05, 4.69) is 26.3 Å². The Bertz CT molecular complexity index is 1360. The lowest BCUT2D eigenvalue weighted by molar-refractivity contribution is 0.102.